The number of methoxy groups -OCH3 is 1. The molecule has 5 nitrogen and oxygen atoms in total. The molecule has 0 saturated carbocycles. The van der Waals surface area contributed by atoms with E-state index in [1.54, 1.807) is 6.07 Å². The minimum absolute atomic E-state index is 0. The maximum atomic E-state index is 12.7. The maximum Gasteiger partial charge on any atom is 0.244 e. The SMILES string of the molecule is COc1c(C)cc(C)cc1S(=O)(=O)NCC1(C)CCNCC1.Cl. The number of hydrogen-bond acceptors (Lipinski definition) is 4. The van der Waals surface area contributed by atoms with Crippen LogP contribution in [0, 0.1) is 19.3 Å². The maximum absolute atomic E-state index is 12.7. The third-order valence-electron chi connectivity index (χ3n) is 4.38. The number of halogens is 1. The topological polar surface area (TPSA) is 67.4 Å². The lowest BCUT2D eigenvalue weighted by Crippen LogP contribution is -2.42. The highest BCUT2D eigenvalue weighted by molar-refractivity contribution is 7.89. The first-order valence-electron chi connectivity index (χ1n) is 7.63. The average Bonchev–Trinajstić information content (AvgIpc) is 2.45. The van der Waals surface area contributed by atoms with E-state index in [2.05, 4.69) is 17.0 Å². The second kappa shape index (κ2) is 7.83. The Balaban J connectivity index is 0.00000264. The smallest absolute Gasteiger partial charge is 0.244 e. The Morgan fingerprint density at radius 1 is 1.26 bits per heavy atom. The first-order chi connectivity index (χ1) is 10.3. The highest BCUT2D eigenvalue weighted by Crippen LogP contribution is 2.31. The molecule has 1 heterocycles. The Kier molecular flexibility index (Phi) is 6.89. The van der Waals surface area contributed by atoms with E-state index in [9.17, 15) is 8.42 Å². The van der Waals surface area contributed by atoms with Crippen LogP contribution in [0.2, 0.25) is 0 Å². The molecule has 1 aromatic rings. The fourth-order valence-electron chi connectivity index (χ4n) is 2.93. The molecule has 0 radical (unpaired) electrons. The normalized spacial score (nSPS) is 17.4. The first kappa shape index (κ1) is 20.2. The van der Waals surface area contributed by atoms with Crippen molar-refractivity contribution in [2.24, 2.45) is 5.41 Å². The van der Waals surface area contributed by atoms with Crippen LogP contribution in [0.1, 0.15) is 30.9 Å². The zero-order chi connectivity index (χ0) is 16.4. The highest BCUT2D eigenvalue weighted by atomic mass is 35.5. The Morgan fingerprint density at radius 3 is 2.43 bits per heavy atom. The van der Waals surface area contributed by atoms with Crippen LogP contribution in [0.25, 0.3) is 0 Å². The van der Waals surface area contributed by atoms with Crippen molar-refractivity contribution in [3.63, 3.8) is 0 Å². The fraction of sp³-hybridized carbons (Fsp3) is 0.625. The van der Waals surface area contributed by atoms with Crippen molar-refractivity contribution in [3.05, 3.63) is 23.3 Å². The summed E-state index contributed by atoms with van der Waals surface area (Å²) in [5.41, 5.74) is 1.74. The standard InChI is InChI=1S/C16H26N2O3S.ClH/c1-12-9-13(2)15(21-4)14(10-12)22(19,20)18-11-16(3)5-7-17-8-6-16;/h9-10,17-18H,5-8,11H2,1-4H3;1H. The molecular weight excluding hydrogens is 336 g/mol. The van der Waals surface area contributed by atoms with Crippen LogP contribution in [0.15, 0.2) is 17.0 Å². The van der Waals surface area contributed by atoms with E-state index in [0.717, 1.165) is 37.1 Å². The molecule has 2 N–H and O–H groups in total. The largest absolute Gasteiger partial charge is 0.495 e. The van der Waals surface area contributed by atoms with Crippen molar-refractivity contribution in [2.75, 3.05) is 26.7 Å². The molecular formula is C16H27ClN2O3S. The predicted octanol–water partition coefficient (Wildman–Crippen LogP) is 2.40. The molecule has 1 aliphatic rings. The Bertz CT molecular complexity index is 641. The number of aryl methyl sites for hydroxylation is 2. The molecule has 1 aliphatic heterocycles. The number of hydrogen-bond donors (Lipinski definition) is 2. The lowest BCUT2D eigenvalue weighted by atomic mass is 9.81. The van der Waals surface area contributed by atoms with Gasteiger partial charge in [-0.05, 0) is 62.4 Å². The molecule has 1 saturated heterocycles. The predicted molar refractivity (Wildman–Crippen MR) is 95.1 cm³/mol. The van der Waals surface area contributed by atoms with Crippen LogP contribution in [-0.4, -0.2) is 35.2 Å². The Hall–Kier alpha value is -0.820. The minimum atomic E-state index is -3.58. The number of rotatable bonds is 5. The molecule has 0 atom stereocenters. The van der Waals surface area contributed by atoms with Gasteiger partial charge in [-0.25, -0.2) is 13.1 Å². The van der Waals surface area contributed by atoms with Gasteiger partial charge in [0.05, 0.1) is 7.11 Å². The molecule has 0 aliphatic carbocycles. The van der Waals surface area contributed by atoms with Crippen molar-refractivity contribution in [1.82, 2.24) is 10.0 Å². The van der Waals surface area contributed by atoms with E-state index in [-0.39, 0.29) is 22.7 Å². The van der Waals surface area contributed by atoms with Gasteiger partial charge in [-0.3, -0.25) is 0 Å². The van der Waals surface area contributed by atoms with Crippen LogP contribution in [0.3, 0.4) is 0 Å². The summed E-state index contributed by atoms with van der Waals surface area (Å²) in [6, 6.07) is 3.59. The molecule has 2 rings (SSSR count). The van der Waals surface area contributed by atoms with E-state index in [0.29, 0.717) is 12.3 Å². The number of ether oxygens (including phenoxy) is 1. The molecule has 1 aromatic carbocycles. The molecule has 23 heavy (non-hydrogen) atoms. The van der Waals surface area contributed by atoms with Crippen LogP contribution in [0.4, 0.5) is 0 Å². The van der Waals surface area contributed by atoms with Gasteiger partial charge < -0.3 is 10.1 Å². The monoisotopic (exact) mass is 362 g/mol. The molecule has 0 spiro atoms. The summed E-state index contributed by atoms with van der Waals surface area (Å²) in [4.78, 5) is 0.227. The summed E-state index contributed by atoms with van der Waals surface area (Å²) in [5, 5.41) is 3.30. The van der Waals surface area contributed by atoms with Gasteiger partial charge in [0.2, 0.25) is 10.0 Å². The van der Waals surface area contributed by atoms with Gasteiger partial charge in [0.25, 0.3) is 0 Å². The number of sulfonamides is 1. The van der Waals surface area contributed by atoms with Gasteiger partial charge in [0, 0.05) is 6.54 Å². The third kappa shape index (κ3) is 4.83. The van der Waals surface area contributed by atoms with E-state index in [1.165, 1.54) is 7.11 Å². The summed E-state index contributed by atoms with van der Waals surface area (Å²) in [5.74, 6) is 0.425. The lowest BCUT2D eigenvalue weighted by molar-refractivity contribution is 0.232. The van der Waals surface area contributed by atoms with Crippen molar-refractivity contribution in [2.45, 2.75) is 38.5 Å². The van der Waals surface area contributed by atoms with E-state index in [1.807, 2.05) is 19.9 Å². The number of nitrogens with one attached hydrogen (secondary N) is 2. The van der Waals surface area contributed by atoms with Crippen LogP contribution in [-0.2, 0) is 10.0 Å². The van der Waals surface area contributed by atoms with Crippen LogP contribution < -0.4 is 14.8 Å². The molecule has 0 bridgehead atoms. The summed E-state index contributed by atoms with van der Waals surface area (Å²) in [7, 11) is -2.08. The van der Waals surface area contributed by atoms with Crippen molar-refractivity contribution in [3.8, 4) is 5.75 Å². The quantitative estimate of drug-likeness (QED) is 0.844. The average molecular weight is 363 g/mol. The highest BCUT2D eigenvalue weighted by Gasteiger charge is 2.30. The second-order valence-electron chi connectivity index (χ2n) is 6.50. The number of piperidine rings is 1. The lowest BCUT2D eigenvalue weighted by Gasteiger charge is -2.34. The molecule has 7 heteroatoms. The molecule has 0 amide bonds. The Morgan fingerprint density at radius 2 is 1.87 bits per heavy atom. The summed E-state index contributed by atoms with van der Waals surface area (Å²) >= 11 is 0. The van der Waals surface area contributed by atoms with Gasteiger partial charge in [-0.1, -0.05) is 13.0 Å². The second-order valence-corrected chi connectivity index (χ2v) is 8.23. The van der Waals surface area contributed by atoms with E-state index in [4.69, 9.17) is 4.74 Å². The van der Waals surface area contributed by atoms with Crippen LogP contribution >= 0.6 is 12.4 Å². The van der Waals surface area contributed by atoms with Crippen molar-refractivity contribution in [1.29, 1.82) is 0 Å². The van der Waals surface area contributed by atoms with Gasteiger partial charge in [0.15, 0.2) is 0 Å². The van der Waals surface area contributed by atoms with Gasteiger partial charge >= 0.3 is 0 Å². The summed E-state index contributed by atoms with van der Waals surface area (Å²) in [6.45, 7) is 8.21. The summed E-state index contributed by atoms with van der Waals surface area (Å²) < 4.78 is 33.5. The van der Waals surface area contributed by atoms with Crippen molar-refractivity contribution < 1.29 is 13.2 Å². The zero-order valence-corrected chi connectivity index (χ0v) is 15.9. The molecule has 0 aromatic heterocycles. The molecule has 1 fully saturated rings. The fourth-order valence-corrected chi connectivity index (χ4v) is 4.45. The summed E-state index contributed by atoms with van der Waals surface area (Å²) in [6.07, 6.45) is 1.94. The van der Waals surface area contributed by atoms with Gasteiger partial charge in [-0.15, -0.1) is 12.4 Å². The van der Waals surface area contributed by atoms with Gasteiger partial charge in [0.1, 0.15) is 10.6 Å². The van der Waals surface area contributed by atoms with E-state index < -0.39 is 10.0 Å². The van der Waals surface area contributed by atoms with Gasteiger partial charge in [-0.2, -0.15) is 0 Å². The third-order valence-corrected chi connectivity index (χ3v) is 5.78. The first-order valence-corrected chi connectivity index (χ1v) is 9.11. The number of benzene rings is 1. The van der Waals surface area contributed by atoms with E-state index >= 15 is 0 Å². The Labute approximate surface area is 145 Å². The van der Waals surface area contributed by atoms with Crippen LogP contribution in [0.5, 0.6) is 5.75 Å². The minimum Gasteiger partial charge on any atom is -0.495 e. The molecule has 132 valence electrons. The molecule has 0 unspecified atom stereocenters. The zero-order valence-electron chi connectivity index (χ0n) is 14.2. The van der Waals surface area contributed by atoms with Crippen molar-refractivity contribution >= 4 is 22.4 Å².